The summed E-state index contributed by atoms with van der Waals surface area (Å²) >= 11 is 0. The van der Waals surface area contributed by atoms with Gasteiger partial charge in [0.05, 0.1) is 0 Å². The molecule has 4 nitrogen and oxygen atoms in total. The van der Waals surface area contributed by atoms with Gasteiger partial charge in [-0.2, -0.15) is 0 Å². The molecule has 0 saturated heterocycles. The maximum atomic E-state index is 4.37. The third-order valence-corrected chi connectivity index (χ3v) is 2.59. The summed E-state index contributed by atoms with van der Waals surface area (Å²) in [7, 11) is 0. The van der Waals surface area contributed by atoms with Gasteiger partial charge in [-0.3, -0.25) is 9.98 Å². The Labute approximate surface area is 119 Å². The molecule has 4 heteroatoms. The lowest BCUT2D eigenvalue weighted by atomic mass is 10.3. The van der Waals surface area contributed by atoms with Crippen molar-refractivity contribution in [2.45, 2.75) is 47.0 Å². The second-order valence-electron chi connectivity index (χ2n) is 5.22. The van der Waals surface area contributed by atoms with Gasteiger partial charge >= 0.3 is 0 Å². The summed E-state index contributed by atoms with van der Waals surface area (Å²) in [5.74, 6) is 0. The Hall–Kier alpha value is -0.740. The van der Waals surface area contributed by atoms with Gasteiger partial charge in [-0.1, -0.05) is 0 Å². The first-order valence-electron chi connectivity index (χ1n) is 7.49. The van der Waals surface area contributed by atoms with Crippen molar-refractivity contribution in [2.75, 3.05) is 39.3 Å². The first kappa shape index (κ1) is 18.3. The maximum Gasteiger partial charge on any atom is 0.0400 e. The zero-order valence-electron chi connectivity index (χ0n) is 13.3. The quantitative estimate of drug-likeness (QED) is 0.421. The van der Waals surface area contributed by atoms with E-state index in [0.29, 0.717) is 0 Å². The molecule has 112 valence electrons. The van der Waals surface area contributed by atoms with E-state index in [2.05, 4.69) is 20.6 Å². The minimum absolute atomic E-state index is 0.949. The van der Waals surface area contributed by atoms with Gasteiger partial charge in [0.15, 0.2) is 0 Å². The lowest BCUT2D eigenvalue weighted by molar-refractivity contribution is 0.580. The molecule has 0 aliphatic rings. The van der Waals surface area contributed by atoms with E-state index in [1.165, 1.54) is 17.8 Å². The van der Waals surface area contributed by atoms with E-state index < -0.39 is 0 Å². The molecule has 0 aliphatic heterocycles. The molecule has 0 bridgehead atoms. The van der Waals surface area contributed by atoms with Crippen LogP contribution in [0, 0.1) is 0 Å². The zero-order chi connectivity index (χ0) is 14.3. The first-order chi connectivity index (χ1) is 9.13. The van der Waals surface area contributed by atoms with Crippen LogP contribution in [0.2, 0.25) is 0 Å². The molecule has 0 heterocycles. The zero-order valence-corrected chi connectivity index (χ0v) is 13.3. The van der Waals surface area contributed by atoms with Gasteiger partial charge in [-0.25, -0.2) is 0 Å². The summed E-state index contributed by atoms with van der Waals surface area (Å²) in [6.07, 6.45) is 3.45. The normalized spacial score (nSPS) is 10.3. The van der Waals surface area contributed by atoms with Gasteiger partial charge < -0.3 is 10.6 Å². The Balaban J connectivity index is 3.07. The Morgan fingerprint density at radius 3 is 1.37 bits per heavy atom. The average Bonchev–Trinajstić information content (AvgIpc) is 2.34. The van der Waals surface area contributed by atoms with Crippen molar-refractivity contribution < 1.29 is 0 Å². The predicted octanol–water partition coefficient (Wildman–Crippen LogP) is 2.30. The van der Waals surface area contributed by atoms with Crippen molar-refractivity contribution >= 4 is 11.4 Å². The molecular formula is C15H32N4. The lowest BCUT2D eigenvalue weighted by Crippen LogP contribution is -2.24. The fourth-order valence-electron chi connectivity index (χ4n) is 1.60. The molecule has 0 fully saturated rings. The maximum absolute atomic E-state index is 4.37. The number of nitrogens with zero attached hydrogens (tertiary/aromatic N) is 2. The average molecular weight is 268 g/mol. The summed E-state index contributed by atoms with van der Waals surface area (Å²) in [4.78, 5) is 8.73. The number of nitrogens with one attached hydrogen (secondary N) is 2. The Kier molecular flexibility index (Phi) is 13.2. The highest BCUT2D eigenvalue weighted by Gasteiger charge is 1.90. The van der Waals surface area contributed by atoms with E-state index in [1.807, 2.05) is 27.7 Å². The molecule has 0 radical (unpaired) electrons. The van der Waals surface area contributed by atoms with Crippen molar-refractivity contribution in [2.24, 2.45) is 9.98 Å². The van der Waals surface area contributed by atoms with Crippen LogP contribution in [0.25, 0.3) is 0 Å². The topological polar surface area (TPSA) is 48.8 Å². The third-order valence-electron chi connectivity index (χ3n) is 2.59. The van der Waals surface area contributed by atoms with E-state index in [0.717, 1.165) is 52.1 Å². The smallest absolute Gasteiger partial charge is 0.0400 e. The van der Waals surface area contributed by atoms with Crippen LogP contribution in [0.1, 0.15) is 47.0 Å². The van der Waals surface area contributed by atoms with Crippen LogP contribution >= 0.6 is 0 Å². The van der Waals surface area contributed by atoms with Crippen molar-refractivity contribution in [1.29, 1.82) is 0 Å². The molecule has 0 saturated carbocycles. The van der Waals surface area contributed by atoms with Crippen LogP contribution in [0.5, 0.6) is 0 Å². The van der Waals surface area contributed by atoms with Gasteiger partial charge in [0.25, 0.3) is 0 Å². The Bertz CT molecular complexity index is 225. The Morgan fingerprint density at radius 2 is 1.00 bits per heavy atom. The SMILES string of the molecule is CC(C)=NCCCNCCCNCCCN=C(C)C. The summed E-state index contributed by atoms with van der Waals surface area (Å²) in [5, 5.41) is 6.89. The van der Waals surface area contributed by atoms with Crippen LogP contribution in [0.4, 0.5) is 0 Å². The molecule has 2 N–H and O–H groups in total. The minimum atomic E-state index is 0.949. The molecule has 0 rings (SSSR count). The molecule has 0 aromatic carbocycles. The van der Waals surface area contributed by atoms with Gasteiger partial charge in [-0.05, 0) is 73.1 Å². The van der Waals surface area contributed by atoms with Gasteiger partial charge in [0, 0.05) is 24.5 Å². The van der Waals surface area contributed by atoms with Gasteiger partial charge in [0.1, 0.15) is 0 Å². The summed E-state index contributed by atoms with van der Waals surface area (Å²) in [6, 6.07) is 0. The van der Waals surface area contributed by atoms with Crippen molar-refractivity contribution in [1.82, 2.24) is 10.6 Å². The number of hydrogen-bond acceptors (Lipinski definition) is 4. The molecule has 0 spiro atoms. The van der Waals surface area contributed by atoms with E-state index >= 15 is 0 Å². The molecule has 0 aromatic rings. The molecule has 0 aliphatic carbocycles. The summed E-state index contributed by atoms with van der Waals surface area (Å²) in [6.45, 7) is 14.4. The number of rotatable bonds is 12. The highest BCUT2D eigenvalue weighted by Crippen LogP contribution is 1.84. The predicted molar refractivity (Wildman–Crippen MR) is 86.9 cm³/mol. The monoisotopic (exact) mass is 268 g/mol. The van der Waals surface area contributed by atoms with Crippen LogP contribution < -0.4 is 10.6 Å². The number of aliphatic imine (C=N–C) groups is 2. The molecule has 0 aromatic heterocycles. The highest BCUT2D eigenvalue weighted by atomic mass is 14.9. The van der Waals surface area contributed by atoms with Crippen molar-refractivity contribution in [3.63, 3.8) is 0 Å². The fraction of sp³-hybridized carbons (Fsp3) is 0.867. The summed E-state index contributed by atoms with van der Waals surface area (Å²) in [5.41, 5.74) is 2.35. The molecular weight excluding hydrogens is 236 g/mol. The van der Waals surface area contributed by atoms with Crippen molar-refractivity contribution in [3.05, 3.63) is 0 Å². The standard InChI is InChI=1S/C15H32N4/c1-14(2)18-12-6-10-16-8-5-9-17-11-7-13-19-15(3)4/h16-17H,5-13H2,1-4H3. The third kappa shape index (κ3) is 17.3. The largest absolute Gasteiger partial charge is 0.317 e. The molecule has 0 amide bonds. The van der Waals surface area contributed by atoms with Gasteiger partial charge in [0.2, 0.25) is 0 Å². The van der Waals surface area contributed by atoms with Crippen LogP contribution in [0.15, 0.2) is 9.98 Å². The van der Waals surface area contributed by atoms with E-state index in [1.54, 1.807) is 0 Å². The first-order valence-corrected chi connectivity index (χ1v) is 7.49. The Morgan fingerprint density at radius 1 is 0.632 bits per heavy atom. The van der Waals surface area contributed by atoms with Crippen LogP contribution in [-0.4, -0.2) is 50.7 Å². The minimum Gasteiger partial charge on any atom is -0.317 e. The second-order valence-corrected chi connectivity index (χ2v) is 5.22. The van der Waals surface area contributed by atoms with E-state index in [9.17, 15) is 0 Å². The molecule has 0 atom stereocenters. The molecule has 19 heavy (non-hydrogen) atoms. The second kappa shape index (κ2) is 13.7. The van der Waals surface area contributed by atoms with Crippen LogP contribution in [-0.2, 0) is 0 Å². The van der Waals surface area contributed by atoms with Gasteiger partial charge in [-0.15, -0.1) is 0 Å². The van der Waals surface area contributed by atoms with Crippen molar-refractivity contribution in [3.8, 4) is 0 Å². The highest BCUT2D eigenvalue weighted by molar-refractivity contribution is 5.79. The number of hydrogen-bond donors (Lipinski definition) is 2. The van der Waals surface area contributed by atoms with Crippen LogP contribution in [0.3, 0.4) is 0 Å². The van der Waals surface area contributed by atoms with E-state index in [-0.39, 0.29) is 0 Å². The van der Waals surface area contributed by atoms with E-state index in [4.69, 9.17) is 0 Å². The molecule has 0 unspecified atom stereocenters. The summed E-state index contributed by atoms with van der Waals surface area (Å²) < 4.78 is 0. The lowest BCUT2D eigenvalue weighted by Gasteiger charge is -2.05. The fourth-order valence-corrected chi connectivity index (χ4v) is 1.60.